The van der Waals surface area contributed by atoms with Crippen molar-refractivity contribution in [3.8, 4) is 0 Å². The minimum absolute atomic E-state index is 0.386. The van der Waals surface area contributed by atoms with Crippen LogP contribution < -0.4 is 0 Å². The van der Waals surface area contributed by atoms with Crippen LogP contribution in [0.25, 0.3) is 0 Å². The van der Waals surface area contributed by atoms with Crippen molar-refractivity contribution in [2.24, 2.45) is 12.5 Å². The van der Waals surface area contributed by atoms with Crippen LogP contribution in [-0.4, -0.2) is 25.8 Å². The van der Waals surface area contributed by atoms with Crippen molar-refractivity contribution in [3.05, 3.63) is 6.33 Å². The second kappa shape index (κ2) is 5.89. The molecule has 0 saturated heterocycles. The standard InChI is InChI=1S/C10H18BrN3S/c1-4-10(5-2,6-11)7-15-9-12-8-13-14(9)3/h8H,4-7H2,1-3H3. The second-order valence-electron chi connectivity index (χ2n) is 3.80. The number of rotatable bonds is 6. The van der Waals surface area contributed by atoms with E-state index in [9.17, 15) is 0 Å². The van der Waals surface area contributed by atoms with Crippen LogP contribution in [0.1, 0.15) is 26.7 Å². The fraction of sp³-hybridized carbons (Fsp3) is 0.800. The van der Waals surface area contributed by atoms with Crippen LogP contribution >= 0.6 is 27.7 Å². The van der Waals surface area contributed by atoms with Gasteiger partial charge in [-0.2, -0.15) is 5.10 Å². The van der Waals surface area contributed by atoms with Gasteiger partial charge < -0.3 is 0 Å². The van der Waals surface area contributed by atoms with E-state index in [-0.39, 0.29) is 0 Å². The number of hydrogen-bond donors (Lipinski definition) is 0. The zero-order valence-corrected chi connectivity index (χ0v) is 11.9. The van der Waals surface area contributed by atoms with Crippen LogP contribution in [-0.2, 0) is 7.05 Å². The summed E-state index contributed by atoms with van der Waals surface area (Å²) in [6, 6.07) is 0. The van der Waals surface area contributed by atoms with Gasteiger partial charge in [-0.05, 0) is 18.3 Å². The minimum atomic E-state index is 0.386. The zero-order chi connectivity index (χ0) is 11.3. The lowest BCUT2D eigenvalue weighted by Gasteiger charge is -2.28. The molecule has 0 fully saturated rings. The summed E-state index contributed by atoms with van der Waals surface area (Å²) in [7, 11) is 1.93. The first-order valence-corrected chi connectivity index (χ1v) is 7.31. The minimum Gasteiger partial charge on any atom is -0.244 e. The molecular weight excluding hydrogens is 274 g/mol. The van der Waals surface area contributed by atoms with Crippen molar-refractivity contribution in [2.75, 3.05) is 11.1 Å². The summed E-state index contributed by atoms with van der Waals surface area (Å²) in [6.45, 7) is 4.50. The first-order chi connectivity index (χ1) is 7.17. The van der Waals surface area contributed by atoms with E-state index in [2.05, 4.69) is 39.9 Å². The Morgan fingerprint density at radius 3 is 2.53 bits per heavy atom. The van der Waals surface area contributed by atoms with E-state index >= 15 is 0 Å². The molecule has 0 spiro atoms. The molecule has 86 valence electrons. The highest BCUT2D eigenvalue weighted by Gasteiger charge is 2.25. The van der Waals surface area contributed by atoms with E-state index in [0.717, 1.165) is 16.2 Å². The van der Waals surface area contributed by atoms with Gasteiger partial charge in [-0.25, -0.2) is 9.67 Å². The number of thioether (sulfide) groups is 1. The van der Waals surface area contributed by atoms with E-state index < -0.39 is 0 Å². The van der Waals surface area contributed by atoms with Crippen molar-refractivity contribution >= 4 is 27.7 Å². The van der Waals surface area contributed by atoms with Crippen LogP contribution in [0, 0.1) is 5.41 Å². The third-order valence-electron chi connectivity index (χ3n) is 2.96. The molecule has 0 aliphatic heterocycles. The smallest absolute Gasteiger partial charge is 0.185 e. The molecule has 0 saturated carbocycles. The highest BCUT2D eigenvalue weighted by molar-refractivity contribution is 9.09. The first kappa shape index (κ1) is 13.0. The fourth-order valence-electron chi connectivity index (χ4n) is 1.32. The number of aryl methyl sites for hydroxylation is 1. The zero-order valence-electron chi connectivity index (χ0n) is 9.53. The molecule has 0 aliphatic carbocycles. The maximum atomic E-state index is 4.22. The Balaban J connectivity index is 2.58. The van der Waals surface area contributed by atoms with Crippen LogP contribution in [0.2, 0.25) is 0 Å². The number of hydrogen-bond acceptors (Lipinski definition) is 3. The molecule has 1 aromatic heterocycles. The van der Waals surface area contributed by atoms with Crippen LogP contribution in [0.4, 0.5) is 0 Å². The summed E-state index contributed by atoms with van der Waals surface area (Å²) in [4.78, 5) is 4.22. The number of aromatic nitrogens is 3. The number of halogens is 1. The molecule has 1 heterocycles. The van der Waals surface area contributed by atoms with Crippen LogP contribution in [0.5, 0.6) is 0 Å². The van der Waals surface area contributed by atoms with E-state index in [1.54, 1.807) is 18.1 Å². The lowest BCUT2D eigenvalue weighted by molar-refractivity contribution is 0.359. The van der Waals surface area contributed by atoms with Gasteiger partial charge >= 0.3 is 0 Å². The lowest BCUT2D eigenvalue weighted by Crippen LogP contribution is -2.24. The van der Waals surface area contributed by atoms with E-state index in [1.807, 2.05) is 11.7 Å². The van der Waals surface area contributed by atoms with E-state index in [1.165, 1.54) is 12.8 Å². The maximum absolute atomic E-state index is 4.22. The van der Waals surface area contributed by atoms with Gasteiger partial charge in [0.2, 0.25) is 0 Å². The molecule has 5 heteroatoms. The fourth-order valence-corrected chi connectivity index (χ4v) is 3.87. The summed E-state index contributed by atoms with van der Waals surface area (Å²) < 4.78 is 1.83. The molecule has 0 amide bonds. The normalized spacial score (nSPS) is 12.0. The highest BCUT2D eigenvalue weighted by atomic mass is 79.9. The monoisotopic (exact) mass is 291 g/mol. The van der Waals surface area contributed by atoms with Crippen LogP contribution in [0.3, 0.4) is 0 Å². The Morgan fingerprint density at radius 1 is 1.47 bits per heavy atom. The summed E-state index contributed by atoms with van der Waals surface area (Å²) in [5, 5.41) is 6.12. The average molecular weight is 292 g/mol. The molecule has 0 aromatic carbocycles. The average Bonchev–Trinajstić information content (AvgIpc) is 2.67. The Bertz CT molecular complexity index is 288. The molecule has 0 atom stereocenters. The van der Waals surface area contributed by atoms with Gasteiger partial charge in [0.1, 0.15) is 6.33 Å². The molecule has 0 bridgehead atoms. The molecule has 3 nitrogen and oxygen atoms in total. The van der Waals surface area contributed by atoms with Gasteiger partial charge in [0.05, 0.1) is 0 Å². The summed E-state index contributed by atoms with van der Waals surface area (Å²) in [5.41, 5.74) is 0.386. The van der Waals surface area contributed by atoms with Crippen molar-refractivity contribution < 1.29 is 0 Å². The molecule has 15 heavy (non-hydrogen) atoms. The molecule has 1 aromatic rings. The van der Waals surface area contributed by atoms with Gasteiger partial charge in [0, 0.05) is 18.1 Å². The Hall–Kier alpha value is -0.0300. The molecule has 1 rings (SSSR count). The van der Waals surface area contributed by atoms with Gasteiger partial charge in [-0.1, -0.05) is 41.5 Å². The first-order valence-electron chi connectivity index (χ1n) is 5.20. The predicted octanol–water partition coefficient (Wildman–Crippen LogP) is 3.11. The van der Waals surface area contributed by atoms with Gasteiger partial charge in [0.15, 0.2) is 5.16 Å². The number of alkyl halides is 1. The van der Waals surface area contributed by atoms with E-state index in [4.69, 9.17) is 0 Å². The SMILES string of the molecule is CCC(CC)(CBr)CSc1ncnn1C. The number of nitrogens with zero attached hydrogens (tertiary/aromatic N) is 3. The molecule has 0 N–H and O–H groups in total. The maximum Gasteiger partial charge on any atom is 0.185 e. The van der Waals surface area contributed by atoms with Crippen LogP contribution in [0.15, 0.2) is 11.5 Å². The molecular formula is C10H18BrN3S. The largest absolute Gasteiger partial charge is 0.244 e. The van der Waals surface area contributed by atoms with Crippen molar-refractivity contribution in [1.29, 1.82) is 0 Å². The van der Waals surface area contributed by atoms with Gasteiger partial charge in [-0.3, -0.25) is 0 Å². The molecule has 0 radical (unpaired) electrons. The Kier molecular flexibility index (Phi) is 5.12. The molecule has 0 unspecified atom stereocenters. The Morgan fingerprint density at radius 2 is 2.13 bits per heavy atom. The van der Waals surface area contributed by atoms with Crippen molar-refractivity contribution in [2.45, 2.75) is 31.8 Å². The predicted molar refractivity (Wildman–Crippen MR) is 68.5 cm³/mol. The summed E-state index contributed by atoms with van der Waals surface area (Å²) >= 11 is 5.41. The lowest BCUT2D eigenvalue weighted by atomic mass is 9.87. The third-order valence-corrected chi connectivity index (χ3v) is 5.53. The highest BCUT2D eigenvalue weighted by Crippen LogP contribution is 2.34. The van der Waals surface area contributed by atoms with Crippen molar-refractivity contribution in [3.63, 3.8) is 0 Å². The Labute approximate surface area is 104 Å². The van der Waals surface area contributed by atoms with Crippen molar-refractivity contribution in [1.82, 2.24) is 14.8 Å². The van der Waals surface area contributed by atoms with E-state index in [0.29, 0.717) is 5.41 Å². The third kappa shape index (κ3) is 3.21. The quantitative estimate of drug-likeness (QED) is 0.596. The topological polar surface area (TPSA) is 30.7 Å². The summed E-state index contributed by atoms with van der Waals surface area (Å²) in [6.07, 6.45) is 4.00. The molecule has 0 aliphatic rings. The van der Waals surface area contributed by atoms with Gasteiger partial charge in [-0.15, -0.1) is 0 Å². The summed E-state index contributed by atoms with van der Waals surface area (Å²) in [5.74, 6) is 1.10. The van der Waals surface area contributed by atoms with Gasteiger partial charge in [0.25, 0.3) is 0 Å². The second-order valence-corrected chi connectivity index (χ2v) is 5.30.